The number of fused-ring (bicyclic) bond motifs is 3. The number of hydrogen-bond donors (Lipinski definition) is 1. The average molecular weight is 266 g/mol. The van der Waals surface area contributed by atoms with Gasteiger partial charge in [-0.25, -0.2) is 0 Å². The van der Waals surface area contributed by atoms with E-state index in [1.165, 1.54) is 25.7 Å². The summed E-state index contributed by atoms with van der Waals surface area (Å²) >= 11 is 0. The molecule has 0 aromatic heterocycles. The van der Waals surface area contributed by atoms with Crippen LogP contribution in [0.5, 0.6) is 0 Å². The lowest BCUT2D eigenvalue weighted by Crippen LogP contribution is -2.68. The molecule has 3 fully saturated rings. The number of aliphatic hydroxyl groups is 1. The second-order valence-electron chi connectivity index (χ2n) is 8.16. The van der Waals surface area contributed by atoms with Gasteiger partial charge >= 0.3 is 0 Å². The van der Waals surface area contributed by atoms with Gasteiger partial charge in [-0.15, -0.1) is 0 Å². The van der Waals surface area contributed by atoms with Crippen molar-refractivity contribution in [2.45, 2.75) is 83.8 Å². The van der Waals surface area contributed by atoms with Crippen molar-refractivity contribution in [2.24, 2.45) is 16.7 Å². The van der Waals surface area contributed by atoms with Gasteiger partial charge in [-0.2, -0.15) is 0 Å². The van der Waals surface area contributed by atoms with Crippen molar-refractivity contribution in [1.29, 1.82) is 0 Å². The Hall–Kier alpha value is -0.0800. The Kier molecular flexibility index (Phi) is 2.91. The first-order valence-electron chi connectivity index (χ1n) is 8.18. The van der Waals surface area contributed by atoms with Gasteiger partial charge in [0.25, 0.3) is 0 Å². The minimum absolute atomic E-state index is 0.0412. The van der Waals surface area contributed by atoms with Crippen molar-refractivity contribution in [1.82, 2.24) is 0 Å². The summed E-state index contributed by atoms with van der Waals surface area (Å²) in [7, 11) is 0. The van der Waals surface area contributed by atoms with E-state index < -0.39 is 5.60 Å². The predicted octanol–water partition coefficient (Wildman–Crippen LogP) is 3.91. The summed E-state index contributed by atoms with van der Waals surface area (Å²) in [5.74, 6) is 0.639. The zero-order valence-electron chi connectivity index (χ0n) is 13.1. The van der Waals surface area contributed by atoms with Crippen LogP contribution in [0.3, 0.4) is 0 Å². The molecule has 3 rings (SSSR count). The van der Waals surface area contributed by atoms with Crippen molar-refractivity contribution >= 4 is 0 Å². The third-order valence-corrected chi connectivity index (χ3v) is 7.18. The maximum Gasteiger partial charge on any atom is 0.101 e. The molecule has 2 nitrogen and oxygen atoms in total. The number of rotatable bonds is 1. The quantitative estimate of drug-likeness (QED) is 0.779. The lowest BCUT2D eigenvalue weighted by atomic mass is 9.43. The molecular weight excluding hydrogens is 236 g/mol. The van der Waals surface area contributed by atoms with E-state index in [1.54, 1.807) is 0 Å². The number of ether oxygens (including phenoxy) is 1. The molecule has 0 bridgehead atoms. The summed E-state index contributed by atoms with van der Waals surface area (Å²) in [6, 6.07) is 0. The average Bonchev–Trinajstić information content (AvgIpc) is 2.68. The fourth-order valence-electron chi connectivity index (χ4n) is 6.10. The lowest BCUT2D eigenvalue weighted by Gasteiger charge is -2.64. The monoisotopic (exact) mass is 266 g/mol. The molecule has 4 atom stereocenters. The standard InChI is InChI=1S/C17H30O2/c1-5-16-10-7-13-14(2,3)8-6-9-15(13,4)17(16,18)11-12-19-16/h13,18H,5-12H2,1-4H3. The van der Waals surface area contributed by atoms with Crippen LogP contribution >= 0.6 is 0 Å². The van der Waals surface area contributed by atoms with Crippen molar-refractivity contribution in [3.05, 3.63) is 0 Å². The van der Waals surface area contributed by atoms with E-state index in [4.69, 9.17) is 4.74 Å². The van der Waals surface area contributed by atoms with E-state index >= 15 is 0 Å². The Balaban J connectivity index is 2.07. The van der Waals surface area contributed by atoms with Crippen LogP contribution in [0.4, 0.5) is 0 Å². The van der Waals surface area contributed by atoms with Gasteiger partial charge in [0.1, 0.15) is 5.60 Å². The molecule has 0 amide bonds. The first-order chi connectivity index (χ1) is 8.81. The third-order valence-electron chi connectivity index (χ3n) is 7.18. The van der Waals surface area contributed by atoms with Crippen LogP contribution in [0.15, 0.2) is 0 Å². The predicted molar refractivity (Wildman–Crippen MR) is 77.0 cm³/mol. The number of hydrogen-bond acceptors (Lipinski definition) is 2. The second kappa shape index (κ2) is 3.98. The molecule has 2 aliphatic carbocycles. The highest BCUT2D eigenvalue weighted by Crippen LogP contribution is 2.67. The normalized spacial score (nSPS) is 52.6. The molecule has 1 aliphatic heterocycles. The Bertz CT molecular complexity index is 377. The Morgan fingerprint density at radius 1 is 1.11 bits per heavy atom. The van der Waals surface area contributed by atoms with E-state index in [9.17, 15) is 5.11 Å². The zero-order valence-corrected chi connectivity index (χ0v) is 13.1. The van der Waals surface area contributed by atoms with Crippen LogP contribution < -0.4 is 0 Å². The molecule has 1 N–H and O–H groups in total. The van der Waals surface area contributed by atoms with Crippen molar-refractivity contribution in [3.8, 4) is 0 Å². The third kappa shape index (κ3) is 1.51. The van der Waals surface area contributed by atoms with Gasteiger partial charge in [-0.3, -0.25) is 0 Å². The van der Waals surface area contributed by atoms with Crippen molar-refractivity contribution < 1.29 is 9.84 Å². The molecule has 0 spiro atoms. The zero-order chi connectivity index (χ0) is 13.9. The minimum Gasteiger partial charge on any atom is -0.386 e. The minimum atomic E-state index is -0.602. The molecule has 2 heteroatoms. The molecule has 3 aliphatic rings. The van der Waals surface area contributed by atoms with Gasteiger partial charge in [-0.05, 0) is 43.4 Å². The van der Waals surface area contributed by atoms with E-state index in [0.29, 0.717) is 11.3 Å². The summed E-state index contributed by atoms with van der Waals surface area (Å²) in [5.41, 5.74) is -0.453. The van der Waals surface area contributed by atoms with Crippen LogP contribution in [-0.4, -0.2) is 22.9 Å². The molecule has 19 heavy (non-hydrogen) atoms. The molecule has 1 heterocycles. The van der Waals surface area contributed by atoms with E-state index in [2.05, 4.69) is 27.7 Å². The van der Waals surface area contributed by atoms with Crippen LogP contribution in [0.1, 0.15) is 72.6 Å². The highest BCUT2D eigenvalue weighted by Gasteiger charge is 2.69. The summed E-state index contributed by atoms with van der Waals surface area (Å²) in [5, 5.41) is 11.6. The van der Waals surface area contributed by atoms with Gasteiger partial charge in [0.15, 0.2) is 0 Å². The van der Waals surface area contributed by atoms with E-state index in [-0.39, 0.29) is 11.0 Å². The topological polar surface area (TPSA) is 29.5 Å². The second-order valence-corrected chi connectivity index (χ2v) is 8.16. The molecule has 4 unspecified atom stereocenters. The summed E-state index contributed by atoms with van der Waals surface area (Å²) in [6.45, 7) is 10.1. The molecular formula is C17H30O2. The molecule has 0 aromatic rings. The fourth-order valence-corrected chi connectivity index (χ4v) is 6.10. The van der Waals surface area contributed by atoms with Crippen molar-refractivity contribution in [3.63, 3.8) is 0 Å². The summed E-state index contributed by atoms with van der Waals surface area (Å²) in [6.07, 6.45) is 7.79. The van der Waals surface area contributed by atoms with Crippen LogP contribution in [-0.2, 0) is 4.74 Å². The molecule has 0 radical (unpaired) electrons. The summed E-state index contributed by atoms with van der Waals surface area (Å²) in [4.78, 5) is 0. The van der Waals surface area contributed by atoms with E-state index in [1.807, 2.05) is 0 Å². The molecule has 0 aromatic carbocycles. The van der Waals surface area contributed by atoms with Crippen molar-refractivity contribution in [2.75, 3.05) is 6.61 Å². The van der Waals surface area contributed by atoms with Gasteiger partial charge in [-0.1, -0.05) is 34.1 Å². The van der Waals surface area contributed by atoms with Gasteiger partial charge in [0.2, 0.25) is 0 Å². The van der Waals surface area contributed by atoms with E-state index in [0.717, 1.165) is 25.9 Å². The van der Waals surface area contributed by atoms with Crippen LogP contribution in [0.25, 0.3) is 0 Å². The Morgan fingerprint density at radius 3 is 2.53 bits per heavy atom. The van der Waals surface area contributed by atoms with Gasteiger partial charge in [0.05, 0.1) is 12.2 Å². The van der Waals surface area contributed by atoms with Crippen LogP contribution in [0, 0.1) is 16.7 Å². The molecule has 1 saturated heterocycles. The smallest absolute Gasteiger partial charge is 0.101 e. The molecule has 110 valence electrons. The first kappa shape index (κ1) is 13.9. The fraction of sp³-hybridized carbons (Fsp3) is 1.00. The SMILES string of the molecule is CCC12CCC3C(C)(C)CCCC3(C)C1(O)CCO2. The Labute approximate surface area is 117 Å². The first-order valence-corrected chi connectivity index (χ1v) is 8.18. The highest BCUT2D eigenvalue weighted by atomic mass is 16.5. The van der Waals surface area contributed by atoms with Gasteiger partial charge in [0, 0.05) is 11.8 Å². The molecule has 2 saturated carbocycles. The maximum atomic E-state index is 11.6. The summed E-state index contributed by atoms with van der Waals surface area (Å²) < 4.78 is 6.13. The Morgan fingerprint density at radius 2 is 1.84 bits per heavy atom. The maximum absolute atomic E-state index is 11.6. The lowest BCUT2D eigenvalue weighted by molar-refractivity contribution is -0.253. The van der Waals surface area contributed by atoms with Crippen LogP contribution in [0.2, 0.25) is 0 Å². The largest absolute Gasteiger partial charge is 0.386 e. The van der Waals surface area contributed by atoms with Gasteiger partial charge < -0.3 is 9.84 Å². The highest BCUT2D eigenvalue weighted by molar-refractivity contribution is 5.19.